The second kappa shape index (κ2) is 14.8. The minimum atomic E-state index is -0.435. The predicted octanol–water partition coefficient (Wildman–Crippen LogP) is 7.81. The molecule has 1 aromatic heterocycles. The first kappa shape index (κ1) is 28.8. The Bertz CT molecular complexity index is 1290. The third kappa shape index (κ3) is 8.35. The number of aromatic nitrogens is 1. The van der Waals surface area contributed by atoms with Crippen molar-refractivity contribution in [3.05, 3.63) is 92.6 Å². The molecule has 1 aliphatic rings. The summed E-state index contributed by atoms with van der Waals surface area (Å²) in [6.45, 7) is 6.15. The number of benzene rings is 2. The van der Waals surface area contributed by atoms with Gasteiger partial charge in [-0.05, 0) is 48.9 Å². The minimum absolute atomic E-state index is 0.254. The molecular formula is C28H26ClFN2O3S. The maximum Gasteiger partial charge on any atom is 0.150 e. The Morgan fingerprint density at radius 1 is 1.14 bits per heavy atom. The van der Waals surface area contributed by atoms with Crippen LogP contribution >= 0.6 is 22.9 Å². The predicted molar refractivity (Wildman–Crippen MR) is 145 cm³/mol. The molecule has 1 unspecified atom stereocenters. The number of nitrogens with zero attached hydrogens (tertiary/aromatic N) is 2. The van der Waals surface area contributed by atoms with Gasteiger partial charge in [-0.3, -0.25) is 4.79 Å². The van der Waals surface area contributed by atoms with Crippen molar-refractivity contribution in [3.8, 4) is 33.5 Å². The van der Waals surface area contributed by atoms with E-state index in [1.807, 2.05) is 32.9 Å². The average molecular weight is 525 g/mol. The summed E-state index contributed by atoms with van der Waals surface area (Å²) in [5.41, 5.74) is 3.93. The Balaban J connectivity index is 0.000000850. The summed E-state index contributed by atoms with van der Waals surface area (Å²) in [5.74, 6) is 5.74. The van der Waals surface area contributed by atoms with Crippen molar-refractivity contribution in [3.63, 3.8) is 0 Å². The number of ether oxygens (including phenoxy) is 1. The van der Waals surface area contributed by atoms with Gasteiger partial charge in [-0.1, -0.05) is 66.7 Å². The van der Waals surface area contributed by atoms with E-state index in [2.05, 4.69) is 17.0 Å². The van der Waals surface area contributed by atoms with Crippen molar-refractivity contribution in [2.24, 2.45) is 5.18 Å². The second-order valence-corrected chi connectivity index (χ2v) is 8.61. The smallest absolute Gasteiger partial charge is 0.150 e. The molecule has 0 fully saturated rings. The molecule has 0 bridgehead atoms. The minimum Gasteiger partial charge on any atom is -0.354 e. The molecule has 1 aliphatic carbocycles. The molecule has 2 aromatic carbocycles. The van der Waals surface area contributed by atoms with Gasteiger partial charge in [0.15, 0.2) is 0 Å². The van der Waals surface area contributed by atoms with Crippen molar-refractivity contribution >= 4 is 29.2 Å². The highest BCUT2D eigenvalue weighted by atomic mass is 35.5. The lowest BCUT2D eigenvalue weighted by Gasteiger charge is -2.06. The van der Waals surface area contributed by atoms with E-state index in [0.717, 1.165) is 38.6 Å². The van der Waals surface area contributed by atoms with Gasteiger partial charge in [-0.15, -0.1) is 11.3 Å². The van der Waals surface area contributed by atoms with Gasteiger partial charge in [0.05, 0.1) is 17.6 Å². The number of carbonyl (C=O) groups is 1. The summed E-state index contributed by atoms with van der Waals surface area (Å²) in [6.07, 6.45) is 3.93. The Kier molecular flexibility index (Phi) is 11.9. The molecule has 0 radical (unpaired) electrons. The second-order valence-electron chi connectivity index (χ2n) is 7.09. The van der Waals surface area contributed by atoms with Gasteiger partial charge >= 0.3 is 0 Å². The molecule has 8 heteroatoms. The molecule has 0 amide bonds. The van der Waals surface area contributed by atoms with Crippen LogP contribution in [0.5, 0.6) is 0 Å². The lowest BCUT2D eigenvalue weighted by molar-refractivity contribution is 0.107. The van der Waals surface area contributed by atoms with E-state index >= 15 is 0 Å². The fraction of sp³-hybridized carbons (Fsp3) is 0.214. The van der Waals surface area contributed by atoms with Gasteiger partial charge in [0.1, 0.15) is 29.8 Å². The maximum atomic E-state index is 13.4. The Morgan fingerprint density at radius 3 is 2.36 bits per heavy atom. The zero-order valence-electron chi connectivity index (χ0n) is 20.4. The number of allylic oxidation sites excluding steroid dienone is 3. The molecule has 36 heavy (non-hydrogen) atoms. The number of carbonyl (C=O) groups excluding carboxylic acids is 1. The Morgan fingerprint density at radius 2 is 1.75 bits per heavy atom. The van der Waals surface area contributed by atoms with Crippen LogP contribution in [0.3, 0.4) is 0 Å². The summed E-state index contributed by atoms with van der Waals surface area (Å²) in [6, 6.07) is 13.5. The fourth-order valence-corrected chi connectivity index (χ4v) is 4.34. The normalized spacial score (nSPS) is 13.8. The average Bonchev–Trinajstić information content (AvgIpc) is 3.24. The van der Waals surface area contributed by atoms with E-state index in [1.54, 1.807) is 36.4 Å². The molecule has 1 atom stereocenters. The van der Waals surface area contributed by atoms with Crippen LogP contribution in [0.4, 0.5) is 4.39 Å². The van der Waals surface area contributed by atoms with Gasteiger partial charge in [0, 0.05) is 21.7 Å². The van der Waals surface area contributed by atoms with E-state index in [1.165, 1.54) is 30.5 Å². The standard InChI is InChI=1S/C25H17ClFNO2S.C2H6.CH3NO/c1-16-2-11-22(13-20(26)12-16)30-15-23-28-24(18-7-9-21(27)10-8-18)25(31-23)19-5-3-17(14-29)4-6-19;1-2;1-2-3/h3-10,12-14,22H,15H2,1H3;1-2H3;1H3. The number of rotatable bonds is 6. The number of hydrogen-bond donors (Lipinski definition) is 0. The Labute approximate surface area is 219 Å². The van der Waals surface area contributed by atoms with Gasteiger partial charge in [0.2, 0.25) is 0 Å². The Hall–Kier alpha value is -3.44. The van der Waals surface area contributed by atoms with E-state index < -0.39 is 6.10 Å². The summed E-state index contributed by atoms with van der Waals surface area (Å²) in [5, 5.41) is 3.58. The lowest BCUT2D eigenvalue weighted by Crippen LogP contribution is -2.07. The lowest BCUT2D eigenvalue weighted by atomic mass is 10.1. The number of halogens is 2. The maximum absolute atomic E-state index is 13.4. The van der Waals surface area contributed by atoms with Crippen LogP contribution in [-0.2, 0) is 11.3 Å². The first-order valence-electron chi connectivity index (χ1n) is 11.1. The number of nitroso groups, excluding NO2 is 1. The van der Waals surface area contributed by atoms with E-state index in [0.29, 0.717) is 10.6 Å². The number of hydrogen-bond acceptors (Lipinski definition) is 6. The van der Waals surface area contributed by atoms with Crippen molar-refractivity contribution in [2.45, 2.75) is 33.5 Å². The molecule has 0 saturated carbocycles. The summed E-state index contributed by atoms with van der Waals surface area (Å²) < 4.78 is 19.4. The zero-order chi connectivity index (χ0) is 26.5. The van der Waals surface area contributed by atoms with E-state index in [4.69, 9.17) is 26.2 Å². The zero-order valence-corrected chi connectivity index (χ0v) is 22.0. The van der Waals surface area contributed by atoms with Crippen LogP contribution in [-0.4, -0.2) is 24.4 Å². The molecule has 4 rings (SSSR count). The molecule has 3 aromatic rings. The molecule has 0 aliphatic heterocycles. The van der Waals surface area contributed by atoms with Crippen LogP contribution in [0.15, 0.2) is 76.5 Å². The molecule has 5 nitrogen and oxygen atoms in total. The highest BCUT2D eigenvalue weighted by Gasteiger charge is 2.16. The van der Waals surface area contributed by atoms with Gasteiger partial charge in [-0.2, -0.15) is 4.91 Å². The summed E-state index contributed by atoms with van der Waals surface area (Å²) >= 11 is 7.66. The fourth-order valence-electron chi connectivity index (χ4n) is 3.05. The third-order valence-electron chi connectivity index (χ3n) is 4.56. The number of aldehydes is 1. The SMILES string of the molecule is CC.CC1=CC(Cl)=CC(OCc2nc(-c3ccc(F)cc3)c(-c3ccc(C=O)cc3)s2)C#C1.CN=O. The van der Waals surface area contributed by atoms with Crippen LogP contribution in [0.1, 0.15) is 36.1 Å². The van der Waals surface area contributed by atoms with Crippen LogP contribution < -0.4 is 0 Å². The highest BCUT2D eigenvalue weighted by Crippen LogP contribution is 2.37. The molecule has 186 valence electrons. The third-order valence-corrected chi connectivity index (χ3v) is 5.87. The van der Waals surface area contributed by atoms with E-state index in [-0.39, 0.29) is 12.4 Å². The molecule has 0 N–H and O–H groups in total. The summed E-state index contributed by atoms with van der Waals surface area (Å²) in [4.78, 5) is 25.2. The van der Waals surface area contributed by atoms with Gasteiger partial charge in [0.25, 0.3) is 0 Å². The monoisotopic (exact) mass is 524 g/mol. The molecule has 0 spiro atoms. The summed E-state index contributed by atoms with van der Waals surface area (Å²) in [7, 11) is 1.19. The van der Waals surface area contributed by atoms with Crippen molar-refractivity contribution < 1.29 is 13.9 Å². The van der Waals surface area contributed by atoms with Gasteiger partial charge < -0.3 is 4.74 Å². The van der Waals surface area contributed by atoms with Gasteiger partial charge in [-0.25, -0.2) is 9.37 Å². The highest BCUT2D eigenvalue weighted by molar-refractivity contribution is 7.15. The molecular weight excluding hydrogens is 499 g/mol. The largest absolute Gasteiger partial charge is 0.354 e. The first-order valence-corrected chi connectivity index (χ1v) is 12.3. The molecule has 0 saturated heterocycles. The number of thiazole rings is 1. The quantitative estimate of drug-likeness (QED) is 0.187. The van der Waals surface area contributed by atoms with Crippen molar-refractivity contribution in [1.29, 1.82) is 0 Å². The van der Waals surface area contributed by atoms with Crippen LogP contribution in [0, 0.1) is 22.6 Å². The molecule has 1 heterocycles. The van der Waals surface area contributed by atoms with E-state index in [9.17, 15) is 9.18 Å². The van der Waals surface area contributed by atoms with Crippen LogP contribution in [0.25, 0.3) is 21.7 Å². The van der Waals surface area contributed by atoms with Crippen molar-refractivity contribution in [2.75, 3.05) is 7.05 Å². The first-order chi connectivity index (χ1) is 17.4. The topological polar surface area (TPSA) is 68.6 Å². The van der Waals surface area contributed by atoms with Crippen molar-refractivity contribution in [1.82, 2.24) is 4.98 Å². The van der Waals surface area contributed by atoms with Crippen LogP contribution in [0.2, 0.25) is 0 Å².